The van der Waals surface area contributed by atoms with E-state index in [9.17, 15) is 0 Å². The average molecular weight is 406 g/mol. The molecule has 6 aromatic rings. The Morgan fingerprint density at radius 3 is 2.68 bits per heavy atom. The minimum absolute atomic E-state index is 0.728. The van der Waals surface area contributed by atoms with Crippen LogP contribution in [0.1, 0.15) is 5.69 Å². The molecule has 0 unspecified atom stereocenters. The molecule has 0 aliphatic carbocycles. The van der Waals surface area contributed by atoms with Crippen molar-refractivity contribution < 1.29 is 9.15 Å². The van der Waals surface area contributed by atoms with Gasteiger partial charge in [0.15, 0.2) is 5.58 Å². The first-order valence-electron chi connectivity index (χ1n) is 10.00. The fourth-order valence-electron chi connectivity index (χ4n) is 3.87. The van der Waals surface area contributed by atoms with Crippen LogP contribution in [0.15, 0.2) is 95.9 Å². The van der Waals surface area contributed by atoms with Crippen molar-refractivity contribution in [3.8, 4) is 28.6 Å². The van der Waals surface area contributed by atoms with Crippen LogP contribution in [0.4, 0.5) is 0 Å². The van der Waals surface area contributed by atoms with Gasteiger partial charge in [0, 0.05) is 23.9 Å². The van der Waals surface area contributed by atoms with Gasteiger partial charge >= 0.3 is 0 Å². The maximum absolute atomic E-state index is 6.19. The number of nitrogens with zero attached hydrogens (tertiary/aromatic N) is 4. The normalized spacial score (nSPS) is 11.4. The highest BCUT2D eigenvalue weighted by atomic mass is 16.5. The van der Waals surface area contributed by atoms with Gasteiger partial charge in [-0.25, -0.2) is 9.67 Å². The second-order valence-corrected chi connectivity index (χ2v) is 7.33. The van der Waals surface area contributed by atoms with E-state index in [2.05, 4.69) is 15.6 Å². The van der Waals surface area contributed by atoms with E-state index >= 15 is 0 Å². The van der Waals surface area contributed by atoms with Crippen LogP contribution in [0.3, 0.4) is 0 Å². The summed E-state index contributed by atoms with van der Waals surface area (Å²) >= 11 is 0. The Bertz CT molecular complexity index is 1540. The van der Waals surface area contributed by atoms with E-state index < -0.39 is 0 Å². The van der Waals surface area contributed by atoms with Gasteiger partial charge in [-0.2, -0.15) is 5.10 Å². The summed E-state index contributed by atoms with van der Waals surface area (Å²) in [5.74, 6) is 2.37. The van der Waals surface area contributed by atoms with Gasteiger partial charge in [-0.15, -0.1) is 0 Å². The van der Waals surface area contributed by atoms with Crippen molar-refractivity contribution in [1.29, 1.82) is 0 Å². The van der Waals surface area contributed by atoms with E-state index in [0.29, 0.717) is 0 Å². The maximum Gasteiger partial charge on any atom is 0.172 e. The molecular weight excluding hydrogens is 388 g/mol. The Morgan fingerprint density at radius 1 is 0.871 bits per heavy atom. The van der Waals surface area contributed by atoms with Crippen molar-refractivity contribution in [1.82, 2.24) is 19.2 Å². The van der Waals surface area contributed by atoms with E-state index in [1.807, 2.05) is 84.5 Å². The van der Waals surface area contributed by atoms with Crippen molar-refractivity contribution in [3.05, 3.63) is 97.1 Å². The second kappa shape index (κ2) is 6.88. The molecule has 150 valence electrons. The SMILES string of the molecule is Cc1nc(-c2cccc(Oc3cccc(-n4ncc5occc54)c3)c2)n2ccccc12. The van der Waals surface area contributed by atoms with Crippen molar-refractivity contribution in [2.75, 3.05) is 0 Å². The molecule has 0 N–H and O–H groups in total. The second-order valence-electron chi connectivity index (χ2n) is 7.33. The first-order chi connectivity index (χ1) is 15.3. The van der Waals surface area contributed by atoms with Crippen LogP contribution in [0.5, 0.6) is 11.5 Å². The van der Waals surface area contributed by atoms with Gasteiger partial charge in [0.25, 0.3) is 0 Å². The zero-order valence-corrected chi connectivity index (χ0v) is 16.8. The van der Waals surface area contributed by atoms with Gasteiger partial charge in [-0.3, -0.25) is 4.40 Å². The molecule has 0 spiro atoms. The summed E-state index contributed by atoms with van der Waals surface area (Å²) in [5.41, 5.74) is 5.66. The number of benzene rings is 2. The van der Waals surface area contributed by atoms with Crippen LogP contribution in [0, 0.1) is 6.92 Å². The number of aromatic nitrogens is 4. The summed E-state index contributed by atoms with van der Waals surface area (Å²) < 4.78 is 15.5. The molecule has 0 atom stereocenters. The van der Waals surface area contributed by atoms with E-state index in [4.69, 9.17) is 14.1 Å². The molecule has 31 heavy (non-hydrogen) atoms. The van der Waals surface area contributed by atoms with Gasteiger partial charge in [0.05, 0.1) is 29.4 Å². The lowest BCUT2D eigenvalue weighted by Gasteiger charge is -2.09. The largest absolute Gasteiger partial charge is 0.461 e. The third-order valence-electron chi connectivity index (χ3n) is 5.31. The van der Waals surface area contributed by atoms with E-state index in [0.717, 1.165) is 50.9 Å². The number of hydrogen-bond acceptors (Lipinski definition) is 4. The highest BCUT2D eigenvalue weighted by molar-refractivity contribution is 5.74. The predicted octanol–water partition coefficient (Wildman–Crippen LogP) is 6.03. The van der Waals surface area contributed by atoms with Crippen LogP contribution >= 0.6 is 0 Å². The zero-order chi connectivity index (χ0) is 20.8. The highest BCUT2D eigenvalue weighted by Crippen LogP contribution is 2.29. The van der Waals surface area contributed by atoms with Crippen molar-refractivity contribution >= 4 is 16.6 Å². The Hall–Kier alpha value is -4.32. The third kappa shape index (κ3) is 2.97. The summed E-state index contributed by atoms with van der Waals surface area (Å²) in [4.78, 5) is 4.77. The monoisotopic (exact) mass is 406 g/mol. The molecule has 0 amide bonds. The molecule has 4 aromatic heterocycles. The number of furan rings is 1. The Kier molecular flexibility index (Phi) is 3.89. The quantitative estimate of drug-likeness (QED) is 0.358. The number of fused-ring (bicyclic) bond motifs is 2. The lowest BCUT2D eigenvalue weighted by Crippen LogP contribution is -1.96. The lowest BCUT2D eigenvalue weighted by molar-refractivity contribution is 0.482. The Labute approximate surface area is 178 Å². The molecule has 0 fully saturated rings. The smallest absolute Gasteiger partial charge is 0.172 e. The molecule has 4 heterocycles. The average Bonchev–Trinajstić information content (AvgIpc) is 3.49. The number of rotatable bonds is 4. The van der Waals surface area contributed by atoms with Crippen LogP contribution in [0.25, 0.3) is 33.7 Å². The Morgan fingerprint density at radius 2 is 1.74 bits per heavy atom. The predicted molar refractivity (Wildman–Crippen MR) is 119 cm³/mol. The minimum Gasteiger partial charge on any atom is -0.461 e. The van der Waals surface area contributed by atoms with Crippen molar-refractivity contribution in [2.45, 2.75) is 6.92 Å². The van der Waals surface area contributed by atoms with Gasteiger partial charge in [0.1, 0.15) is 22.8 Å². The number of ether oxygens (including phenoxy) is 1. The summed E-state index contributed by atoms with van der Waals surface area (Å²) in [6, 6.07) is 23.8. The van der Waals surface area contributed by atoms with Gasteiger partial charge in [0.2, 0.25) is 0 Å². The molecule has 0 aliphatic rings. The molecule has 0 saturated carbocycles. The molecule has 6 nitrogen and oxygen atoms in total. The first kappa shape index (κ1) is 17.5. The number of imidazole rings is 1. The minimum atomic E-state index is 0.728. The maximum atomic E-state index is 6.19. The molecule has 0 saturated heterocycles. The summed E-state index contributed by atoms with van der Waals surface area (Å²) in [6.07, 6.45) is 5.40. The molecular formula is C25H18N4O2. The van der Waals surface area contributed by atoms with Gasteiger partial charge in [-0.05, 0) is 43.3 Å². The van der Waals surface area contributed by atoms with Gasteiger partial charge < -0.3 is 9.15 Å². The third-order valence-corrected chi connectivity index (χ3v) is 5.31. The number of aryl methyl sites for hydroxylation is 1. The van der Waals surface area contributed by atoms with Crippen LogP contribution in [-0.4, -0.2) is 19.2 Å². The summed E-state index contributed by atoms with van der Waals surface area (Å²) in [7, 11) is 0. The topological polar surface area (TPSA) is 57.5 Å². The molecule has 0 bridgehead atoms. The van der Waals surface area contributed by atoms with Crippen molar-refractivity contribution in [3.63, 3.8) is 0 Å². The number of hydrogen-bond donors (Lipinski definition) is 0. The standard InChI is InChI=1S/C25H18N4O2/c1-17-22-10-2-3-12-28(22)25(27-17)18-6-4-8-20(14-18)31-21-9-5-7-19(15-21)29-23-11-13-30-24(23)16-26-29/h2-16H,1H3. The van der Waals surface area contributed by atoms with E-state index in [1.54, 1.807) is 12.5 Å². The van der Waals surface area contributed by atoms with E-state index in [-0.39, 0.29) is 0 Å². The fraction of sp³-hybridized carbons (Fsp3) is 0.0400. The van der Waals surface area contributed by atoms with Crippen LogP contribution < -0.4 is 4.74 Å². The summed E-state index contributed by atoms with van der Waals surface area (Å²) in [6.45, 7) is 2.02. The first-order valence-corrected chi connectivity index (χ1v) is 10.00. The van der Waals surface area contributed by atoms with Crippen LogP contribution in [-0.2, 0) is 0 Å². The highest BCUT2D eigenvalue weighted by Gasteiger charge is 2.11. The van der Waals surface area contributed by atoms with E-state index in [1.165, 1.54) is 0 Å². The lowest BCUT2D eigenvalue weighted by atomic mass is 10.2. The molecule has 2 aromatic carbocycles. The van der Waals surface area contributed by atoms with Crippen LogP contribution in [0.2, 0.25) is 0 Å². The fourth-order valence-corrected chi connectivity index (χ4v) is 3.87. The van der Waals surface area contributed by atoms with Gasteiger partial charge in [-0.1, -0.05) is 24.3 Å². The summed E-state index contributed by atoms with van der Waals surface area (Å²) in [5, 5.41) is 4.42. The molecule has 0 radical (unpaired) electrons. The number of pyridine rings is 1. The molecule has 6 heteroatoms. The van der Waals surface area contributed by atoms with Crippen molar-refractivity contribution in [2.24, 2.45) is 0 Å². The zero-order valence-electron chi connectivity index (χ0n) is 16.8. The molecule has 6 rings (SSSR count). The molecule has 0 aliphatic heterocycles. The Balaban J connectivity index is 1.35.